The van der Waals surface area contributed by atoms with Crippen LogP contribution in [0.5, 0.6) is 5.75 Å². The number of anilines is 1. The maximum Gasteiger partial charge on any atom is 0.258 e. The Hall–Kier alpha value is -3.26. The molecular weight excluding hydrogens is 350 g/mol. The Morgan fingerprint density at radius 2 is 1.92 bits per heavy atom. The van der Waals surface area contributed by atoms with Gasteiger partial charge in [0, 0.05) is 5.56 Å². The Labute approximate surface area is 152 Å². The Morgan fingerprint density at radius 3 is 2.73 bits per heavy atom. The number of fused-ring (bicyclic) bond motifs is 1. The molecule has 8 heteroatoms. The summed E-state index contributed by atoms with van der Waals surface area (Å²) in [6.45, 7) is 0.358. The van der Waals surface area contributed by atoms with Gasteiger partial charge >= 0.3 is 0 Å². The first-order chi connectivity index (χ1) is 12.7. The first-order valence-electron chi connectivity index (χ1n) is 7.92. The molecule has 4 rings (SSSR count). The van der Waals surface area contributed by atoms with Crippen molar-refractivity contribution < 1.29 is 4.74 Å². The molecule has 26 heavy (non-hydrogen) atoms. The predicted molar refractivity (Wildman–Crippen MR) is 102 cm³/mol. The third-order valence-corrected chi connectivity index (χ3v) is 4.76. The molecule has 0 bridgehead atoms. The van der Waals surface area contributed by atoms with E-state index in [1.54, 1.807) is 13.2 Å². The van der Waals surface area contributed by atoms with Gasteiger partial charge in [-0.25, -0.2) is 4.98 Å². The Morgan fingerprint density at radius 1 is 1.12 bits per heavy atom. The van der Waals surface area contributed by atoms with Crippen LogP contribution in [-0.4, -0.2) is 27.3 Å². The van der Waals surface area contributed by atoms with Crippen LogP contribution in [0.3, 0.4) is 0 Å². The maximum atomic E-state index is 12.1. The number of H-pyrrole nitrogens is 1. The minimum Gasteiger partial charge on any atom is -0.497 e. The highest BCUT2D eigenvalue weighted by Gasteiger charge is 2.08. The lowest BCUT2D eigenvalue weighted by molar-refractivity contribution is 0.415. The monoisotopic (exact) mass is 365 g/mol. The van der Waals surface area contributed by atoms with E-state index < -0.39 is 0 Å². The Balaban J connectivity index is 1.50. The summed E-state index contributed by atoms with van der Waals surface area (Å²) in [6.07, 6.45) is 0. The fourth-order valence-electron chi connectivity index (χ4n) is 2.52. The van der Waals surface area contributed by atoms with Gasteiger partial charge in [0.05, 0.1) is 24.6 Å². The molecule has 0 saturated heterocycles. The molecule has 0 fully saturated rings. The average molecular weight is 365 g/mol. The summed E-state index contributed by atoms with van der Waals surface area (Å²) >= 11 is 1.43. The van der Waals surface area contributed by atoms with Crippen molar-refractivity contribution >= 4 is 27.4 Å². The van der Waals surface area contributed by atoms with Gasteiger partial charge in [-0.3, -0.25) is 4.79 Å². The lowest BCUT2D eigenvalue weighted by Crippen LogP contribution is -2.14. The fraction of sp³-hybridized carbons (Fsp3) is 0.111. The molecule has 0 radical (unpaired) electrons. The highest BCUT2D eigenvalue weighted by molar-refractivity contribution is 7.18. The summed E-state index contributed by atoms with van der Waals surface area (Å²) < 4.78 is 5.16. The van der Waals surface area contributed by atoms with Crippen LogP contribution in [0, 0.1) is 0 Å². The standard InChI is InChI=1S/C18H15N5O2S/c1-25-12-8-6-11(7-9-12)17-22-23-18(26-17)19-10-15-20-14-5-3-2-4-13(14)16(24)21-15/h2-9H,10H2,1H3,(H,19,23)(H,20,21,24). The van der Waals surface area contributed by atoms with Crippen LogP contribution in [0.1, 0.15) is 5.82 Å². The number of aromatic nitrogens is 4. The average Bonchev–Trinajstić information content (AvgIpc) is 3.15. The van der Waals surface area contributed by atoms with Crippen molar-refractivity contribution in [2.45, 2.75) is 6.54 Å². The first kappa shape index (κ1) is 16.2. The predicted octanol–water partition coefficient (Wildman–Crippen LogP) is 3.06. The van der Waals surface area contributed by atoms with Crippen LogP contribution in [0.2, 0.25) is 0 Å². The Bertz CT molecular complexity index is 1100. The van der Waals surface area contributed by atoms with E-state index in [0.717, 1.165) is 16.3 Å². The lowest BCUT2D eigenvalue weighted by atomic mass is 10.2. The molecule has 7 nitrogen and oxygen atoms in total. The van der Waals surface area contributed by atoms with Crippen molar-refractivity contribution in [1.29, 1.82) is 0 Å². The zero-order chi connectivity index (χ0) is 17.9. The number of nitrogens with zero attached hydrogens (tertiary/aromatic N) is 3. The van der Waals surface area contributed by atoms with Crippen molar-refractivity contribution in [3.63, 3.8) is 0 Å². The quantitative estimate of drug-likeness (QED) is 0.565. The van der Waals surface area contributed by atoms with Crippen LogP contribution < -0.4 is 15.6 Å². The maximum absolute atomic E-state index is 12.1. The first-order valence-corrected chi connectivity index (χ1v) is 8.74. The number of ether oxygens (including phenoxy) is 1. The van der Waals surface area contributed by atoms with E-state index in [2.05, 4.69) is 25.5 Å². The summed E-state index contributed by atoms with van der Waals surface area (Å²) in [6, 6.07) is 14.9. The zero-order valence-corrected chi connectivity index (χ0v) is 14.7. The normalized spacial score (nSPS) is 10.8. The molecule has 0 aliphatic rings. The topological polar surface area (TPSA) is 92.8 Å². The van der Waals surface area contributed by atoms with E-state index in [1.165, 1.54) is 11.3 Å². The van der Waals surface area contributed by atoms with Gasteiger partial charge in [0.2, 0.25) is 5.13 Å². The molecule has 2 heterocycles. The van der Waals surface area contributed by atoms with E-state index in [1.807, 2.05) is 42.5 Å². The number of methoxy groups -OCH3 is 1. The molecule has 4 aromatic rings. The smallest absolute Gasteiger partial charge is 0.258 e. The molecule has 2 aromatic carbocycles. The second-order valence-corrected chi connectivity index (χ2v) is 6.50. The summed E-state index contributed by atoms with van der Waals surface area (Å²) in [7, 11) is 1.63. The zero-order valence-electron chi connectivity index (χ0n) is 13.9. The van der Waals surface area contributed by atoms with Crippen molar-refractivity contribution in [2.24, 2.45) is 0 Å². The van der Waals surface area contributed by atoms with Gasteiger partial charge in [0.25, 0.3) is 5.56 Å². The van der Waals surface area contributed by atoms with E-state index in [9.17, 15) is 4.79 Å². The van der Waals surface area contributed by atoms with Gasteiger partial charge in [0.1, 0.15) is 16.6 Å². The lowest BCUT2D eigenvalue weighted by Gasteiger charge is -2.03. The molecule has 0 amide bonds. The molecule has 0 unspecified atom stereocenters. The number of hydrogen-bond donors (Lipinski definition) is 2. The summed E-state index contributed by atoms with van der Waals surface area (Å²) in [5.41, 5.74) is 1.49. The van der Waals surface area contributed by atoms with E-state index in [0.29, 0.717) is 28.4 Å². The summed E-state index contributed by atoms with van der Waals surface area (Å²) in [5, 5.41) is 13.5. The van der Waals surface area contributed by atoms with Gasteiger partial charge in [-0.15, -0.1) is 10.2 Å². The molecular formula is C18H15N5O2S. The number of para-hydroxylation sites is 1. The summed E-state index contributed by atoms with van der Waals surface area (Å²) in [4.78, 5) is 19.3. The Kier molecular flexibility index (Phi) is 4.32. The van der Waals surface area contributed by atoms with Crippen molar-refractivity contribution in [2.75, 3.05) is 12.4 Å². The van der Waals surface area contributed by atoms with Crippen LogP contribution in [0.25, 0.3) is 21.5 Å². The van der Waals surface area contributed by atoms with Crippen LogP contribution in [-0.2, 0) is 6.54 Å². The van der Waals surface area contributed by atoms with Crippen molar-refractivity contribution in [3.05, 3.63) is 64.7 Å². The molecule has 0 aliphatic heterocycles. The van der Waals surface area contributed by atoms with Gasteiger partial charge < -0.3 is 15.0 Å². The van der Waals surface area contributed by atoms with Gasteiger partial charge in [0.15, 0.2) is 0 Å². The molecule has 0 spiro atoms. The highest BCUT2D eigenvalue weighted by atomic mass is 32.1. The van der Waals surface area contributed by atoms with E-state index in [4.69, 9.17) is 4.74 Å². The molecule has 0 saturated carbocycles. The molecule has 2 aromatic heterocycles. The van der Waals surface area contributed by atoms with E-state index >= 15 is 0 Å². The second kappa shape index (κ2) is 6.93. The fourth-order valence-corrected chi connectivity index (χ4v) is 3.27. The minimum atomic E-state index is -0.149. The molecule has 0 aliphatic carbocycles. The minimum absolute atomic E-state index is 0.149. The number of aromatic amines is 1. The van der Waals surface area contributed by atoms with E-state index in [-0.39, 0.29) is 5.56 Å². The number of benzene rings is 2. The van der Waals surface area contributed by atoms with Crippen molar-refractivity contribution in [3.8, 4) is 16.3 Å². The number of hydrogen-bond acceptors (Lipinski definition) is 7. The van der Waals surface area contributed by atoms with Gasteiger partial charge in [-0.1, -0.05) is 23.5 Å². The summed E-state index contributed by atoms with van der Waals surface area (Å²) in [5.74, 6) is 1.35. The number of rotatable bonds is 5. The van der Waals surface area contributed by atoms with Crippen LogP contribution >= 0.6 is 11.3 Å². The second-order valence-electron chi connectivity index (χ2n) is 5.52. The van der Waals surface area contributed by atoms with Crippen LogP contribution in [0.15, 0.2) is 53.3 Å². The van der Waals surface area contributed by atoms with Gasteiger partial charge in [-0.2, -0.15) is 0 Å². The third kappa shape index (κ3) is 3.27. The largest absolute Gasteiger partial charge is 0.497 e. The molecule has 2 N–H and O–H groups in total. The molecule has 130 valence electrons. The highest BCUT2D eigenvalue weighted by Crippen LogP contribution is 2.27. The van der Waals surface area contributed by atoms with Gasteiger partial charge in [-0.05, 0) is 36.4 Å². The SMILES string of the molecule is COc1ccc(-c2nnc(NCc3nc4ccccc4c(=O)[nH]3)s2)cc1. The molecule has 0 atom stereocenters. The van der Waals surface area contributed by atoms with Crippen molar-refractivity contribution in [1.82, 2.24) is 20.2 Å². The van der Waals surface area contributed by atoms with Crippen LogP contribution in [0.4, 0.5) is 5.13 Å². The number of nitrogens with one attached hydrogen (secondary N) is 2. The third-order valence-electron chi connectivity index (χ3n) is 3.83.